The van der Waals surface area contributed by atoms with Gasteiger partial charge in [-0.25, -0.2) is 0 Å². The Kier molecular flexibility index (Phi) is 6.51. The lowest BCUT2D eigenvalue weighted by atomic mass is 10.1. The molecule has 0 aliphatic carbocycles. The van der Waals surface area contributed by atoms with Crippen molar-refractivity contribution in [2.75, 3.05) is 23.7 Å². The van der Waals surface area contributed by atoms with E-state index in [9.17, 15) is 4.79 Å². The predicted molar refractivity (Wildman–Crippen MR) is 113 cm³/mol. The number of hydrogen-bond acceptors (Lipinski definition) is 3. The predicted octanol–water partition coefficient (Wildman–Crippen LogP) is 4.98. The summed E-state index contributed by atoms with van der Waals surface area (Å²) in [6.07, 6.45) is 2.55. The van der Waals surface area contributed by atoms with E-state index in [0.717, 1.165) is 42.9 Å². The highest BCUT2D eigenvalue weighted by Crippen LogP contribution is 2.29. The molecule has 1 aliphatic rings. The highest BCUT2D eigenvalue weighted by atomic mass is 16.1. The number of nitrogens with zero attached hydrogens (tertiary/aromatic N) is 1. The van der Waals surface area contributed by atoms with Gasteiger partial charge < -0.3 is 10.6 Å². The van der Waals surface area contributed by atoms with Gasteiger partial charge in [0.05, 0.1) is 0 Å². The second-order valence-electron chi connectivity index (χ2n) is 7.49. The molecule has 1 saturated heterocycles. The Bertz CT molecular complexity index is 759. The van der Waals surface area contributed by atoms with Gasteiger partial charge in [-0.15, -0.1) is 0 Å². The number of benzene rings is 2. The zero-order valence-corrected chi connectivity index (χ0v) is 16.7. The molecule has 144 valence electrons. The number of nitrogens with one attached hydrogen (secondary N) is 2. The maximum atomic E-state index is 11.9. The quantitative estimate of drug-likeness (QED) is 0.727. The molecule has 1 fully saturated rings. The summed E-state index contributed by atoms with van der Waals surface area (Å²) < 4.78 is 0. The van der Waals surface area contributed by atoms with E-state index < -0.39 is 0 Å². The molecule has 1 heterocycles. The number of carbonyl (C=O) groups excluding carboxylic acids is 1. The van der Waals surface area contributed by atoms with Gasteiger partial charge in [0, 0.05) is 43.0 Å². The molecule has 1 aliphatic heterocycles. The summed E-state index contributed by atoms with van der Waals surface area (Å²) in [6, 6.07) is 17.7. The van der Waals surface area contributed by atoms with Gasteiger partial charge in [-0.1, -0.05) is 43.3 Å². The first kappa shape index (κ1) is 19.4. The van der Waals surface area contributed by atoms with Crippen LogP contribution in [0.4, 0.5) is 11.4 Å². The molecule has 0 aromatic heterocycles. The van der Waals surface area contributed by atoms with E-state index in [4.69, 9.17) is 0 Å². The van der Waals surface area contributed by atoms with E-state index in [2.05, 4.69) is 65.8 Å². The van der Waals surface area contributed by atoms with E-state index in [-0.39, 0.29) is 5.91 Å². The third kappa shape index (κ3) is 4.89. The van der Waals surface area contributed by atoms with E-state index >= 15 is 0 Å². The second kappa shape index (κ2) is 9.05. The Morgan fingerprint density at radius 1 is 1.15 bits per heavy atom. The van der Waals surface area contributed by atoms with Crippen LogP contribution in [0.5, 0.6) is 0 Å². The maximum absolute atomic E-state index is 11.9. The summed E-state index contributed by atoms with van der Waals surface area (Å²) in [4.78, 5) is 14.5. The lowest BCUT2D eigenvalue weighted by Crippen LogP contribution is -2.28. The van der Waals surface area contributed by atoms with Crippen LogP contribution in [0.1, 0.15) is 50.3 Å². The molecule has 2 aromatic rings. The normalized spacial score (nSPS) is 18.3. The molecule has 0 saturated carbocycles. The summed E-state index contributed by atoms with van der Waals surface area (Å²) in [7, 11) is 0. The molecule has 2 N–H and O–H groups in total. The standard InChI is InChI=1S/C23H31N3O/c1-4-9-23(27)25-22-13-8-12-21(17(22)2)24-20-14-15-26(16-20)18(3)19-10-6-5-7-11-19/h5-8,10-13,18,20,24H,4,9,14-16H2,1-3H3,(H,25,27). The van der Waals surface area contributed by atoms with Gasteiger partial charge in [-0.3, -0.25) is 9.69 Å². The van der Waals surface area contributed by atoms with Crippen LogP contribution >= 0.6 is 0 Å². The Balaban J connectivity index is 1.62. The van der Waals surface area contributed by atoms with Crippen molar-refractivity contribution in [2.45, 2.75) is 52.1 Å². The largest absolute Gasteiger partial charge is 0.381 e. The summed E-state index contributed by atoms with van der Waals surface area (Å²) in [5.74, 6) is 0.0847. The van der Waals surface area contributed by atoms with Crippen LogP contribution in [-0.4, -0.2) is 29.9 Å². The Hall–Kier alpha value is -2.33. The minimum atomic E-state index is 0.0847. The van der Waals surface area contributed by atoms with E-state index in [1.54, 1.807) is 0 Å². The van der Waals surface area contributed by atoms with Crippen molar-refractivity contribution in [3.8, 4) is 0 Å². The SMILES string of the molecule is CCCC(=O)Nc1cccc(NC2CCN(C(C)c3ccccc3)C2)c1C. The Morgan fingerprint density at radius 2 is 1.89 bits per heavy atom. The molecule has 3 rings (SSSR count). The van der Waals surface area contributed by atoms with Crippen molar-refractivity contribution in [1.29, 1.82) is 0 Å². The van der Waals surface area contributed by atoms with Crippen molar-refractivity contribution in [3.63, 3.8) is 0 Å². The van der Waals surface area contributed by atoms with Crippen molar-refractivity contribution in [3.05, 3.63) is 59.7 Å². The van der Waals surface area contributed by atoms with Crippen LogP contribution in [0.15, 0.2) is 48.5 Å². The molecule has 0 spiro atoms. The molecule has 0 bridgehead atoms. The minimum absolute atomic E-state index is 0.0847. The first-order valence-electron chi connectivity index (χ1n) is 10.0. The van der Waals surface area contributed by atoms with Crippen LogP contribution in [0.2, 0.25) is 0 Å². The summed E-state index contributed by atoms with van der Waals surface area (Å²) in [5.41, 5.74) is 4.50. The minimum Gasteiger partial charge on any atom is -0.381 e. The van der Waals surface area contributed by atoms with Gasteiger partial charge in [0.25, 0.3) is 0 Å². The third-order valence-corrected chi connectivity index (χ3v) is 5.49. The summed E-state index contributed by atoms with van der Waals surface area (Å²) in [5, 5.41) is 6.73. The monoisotopic (exact) mass is 365 g/mol. The molecule has 2 atom stereocenters. The lowest BCUT2D eigenvalue weighted by molar-refractivity contribution is -0.116. The van der Waals surface area contributed by atoms with Crippen molar-refractivity contribution in [1.82, 2.24) is 4.90 Å². The summed E-state index contributed by atoms with van der Waals surface area (Å²) >= 11 is 0. The van der Waals surface area contributed by atoms with Gasteiger partial charge in [-0.2, -0.15) is 0 Å². The van der Waals surface area contributed by atoms with Crippen LogP contribution in [0.25, 0.3) is 0 Å². The average molecular weight is 366 g/mol. The molecule has 4 nitrogen and oxygen atoms in total. The highest BCUT2D eigenvalue weighted by Gasteiger charge is 2.27. The molecule has 2 aromatic carbocycles. The maximum Gasteiger partial charge on any atom is 0.224 e. The molecular formula is C23H31N3O. The average Bonchev–Trinajstić information content (AvgIpc) is 3.14. The van der Waals surface area contributed by atoms with Gasteiger partial charge in [0.2, 0.25) is 5.91 Å². The van der Waals surface area contributed by atoms with E-state index in [0.29, 0.717) is 18.5 Å². The fourth-order valence-corrected chi connectivity index (χ4v) is 3.79. The number of anilines is 2. The molecule has 1 amide bonds. The van der Waals surface area contributed by atoms with Gasteiger partial charge in [0.1, 0.15) is 0 Å². The van der Waals surface area contributed by atoms with Gasteiger partial charge in [0.15, 0.2) is 0 Å². The highest BCUT2D eigenvalue weighted by molar-refractivity contribution is 5.92. The Morgan fingerprint density at radius 3 is 2.63 bits per heavy atom. The first-order chi connectivity index (χ1) is 13.1. The first-order valence-corrected chi connectivity index (χ1v) is 10.0. The molecule has 2 unspecified atom stereocenters. The van der Waals surface area contributed by atoms with Crippen molar-refractivity contribution < 1.29 is 4.79 Å². The van der Waals surface area contributed by atoms with Crippen LogP contribution in [0.3, 0.4) is 0 Å². The Labute approximate surface area is 163 Å². The molecular weight excluding hydrogens is 334 g/mol. The number of amides is 1. The fraction of sp³-hybridized carbons (Fsp3) is 0.435. The third-order valence-electron chi connectivity index (χ3n) is 5.49. The number of rotatable bonds is 7. The fourth-order valence-electron chi connectivity index (χ4n) is 3.79. The zero-order valence-electron chi connectivity index (χ0n) is 16.7. The van der Waals surface area contributed by atoms with Gasteiger partial charge >= 0.3 is 0 Å². The smallest absolute Gasteiger partial charge is 0.224 e. The molecule has 27 heavy (non-hydrogen) atoms. The number of hydrogen-bond donors (Lipinski definition) is 2. The zero-order chi connectivity index (χ0) is 19.2. The van der Waals surface area contributed by atoms with E-state index in [1.165, 1.54) is 5.56 Å². The summed E-state index contributed by atoms with van der Waals surface area (Å²) in [6.45, 7) is 8.50. The topological polar surface area (TPSA) is 44.4 Å². The van der Waals surface area contributed by atoms with Crippen molar-refractivity contribution >= 4 is 17.3 Å². The number of carbonyl (C=O) groups is 1. The molecule has 4 heteroatoms. The second-order valence-corrected chi connectivity index (χ2v) is 7.49. The van der Waals surface area contributed by atoms with Crippen molar-refractivity contribution in [2.24, 2.45) is 0 Å². The van der Waals surface area contributed by atoms with Crippen LogP contribution in [-0.2, 0) is 4.79 Å². The lowest BCUT2D eigenvalue weighted by Gasteiger charge is -2.25. The molecule has 0 radical (unpaired) electrons. The van der Waals surface area contributed by atoms with Crippen LogP contribution in [0, 0.1) is 6.92 Å². The van der Waals surface area contributed by atoms with Gasteiger partial charge in [-0.05, 0) is 49.9 Å². The van der Waals surface area contributed by atoms with Crippen LogP contribution < -0.4 is 10.6 Å². The number of likely N-dealkylation sites (tertiary alicyclic amines) is 1. The van der Waals surface area contributed by atoms with E-state index in [1.807, 2.05) is 19.1 Å².